The molecule has 1 aliphatic carbocycles. The van der Waals surface area contributed by atoms with Gasteiger partial charge in [0.2, 0.25) is 5.92 Å². The van der Waals surface area contributed by atoms with Crippen LogP contribution in [-0.4, -0.2) is 16.6 Å². The molecule has 0 saturated heterocycles. The van der Waals surface area contributed by atoms with E-state index in [9.17, 15) is 13.9 Å². The van der Waals surface area contributed by atoms with E-state index in [1.807, 2.05) is 13.8 Å². The molecule has 0 atom stereocenters. The highest BCUT2D eigenvalue weighted by molar-refractivity contribution is 5.09. The van der Waals surface area contributed by atoms with Crippen LogP contribution < -0.4 is 0 Å². The molecule has 0 radical (unpaired) electrons. The second-order valence-corrected chi connectivity index (χ2v) is 4.18. The largest absolute Gasteiger partial charge is 0.386 e. The van der Waals surface area contributed by atoms with Crippen molar-refractivity contribution >= 4 is 0 Å². The van der Waals surface area contributed by atoms with Gasteiger partial charge in [-0.15, -0.1) is 0 Å². The molecule has 0 bridgehead atoms. The number of aliphatic hydroxyl groups is 1. The molecule has 13 heavy (non-hydrogen) atoms. The lowest BCUT2D eigenvalue weighted by Crippen LogP contribution is -2.37. The summed E-state index contributed by atoms with van der Waals surface area (Å²) in [4.78, 5) is 0. The lowest BCUT2D eigenvalue weighted by Gasteiger charge is -2.34. The highest BCUT2D eigenvalue weighted by Crippen LogP contribution is 2.39. The third-order valence-corrected chi connectivity index (χ3v) is 2.40. The van der Waals surface area contributed by atoms with E-state index in [2.05, 4.69) is 0 Å². The molecule has 1 nitrogen and oxygen atoms in total. The Labute approximate surface area is 77.5 Å². The highest BCUT2D eigenvalue weighted by Gasteiger charge is 2.40. The van der Waals surface area contributed by atoms with Crippen molar-refractivity contribution in [1.29, 1.82) is 0 Å². The average molecular weight is 190 g/mol. The zero-order valence-electron chi connectivity index (χ0n) is 8.11. The van der Waals surface area contributed by atoms with Crippen LogP contribution in [-0.2, 0) is 0 Å². The van der Waals surface area contributed by atoms with Gasteiger partial charge >= 0.3 is 0 Å². The quantitative estimate of drug-likeness (QED) is 0.630. The highest BCUT2D eigenvalue weighted by atomic mass is 19.3. The van der Waals surface area contributed by atoms with Gasteiger partial charge in [-0.05, 0) is 26.7 Å². The minimum Gasteiger partial charge on any atom is -0.386 e. The number of allylic oxidation sites excluding steroid dienone is 1. The molecular formula is C10H16F2O. The smallest absolute Gasteiger partial charge is 0.248 e. The van der Waals surface area contributed by atoms with Gasteiger partial charge in [0.1, 0.15) is 0 Å². The van der Waals surface area contributed by atoms with Crippen LogP contribution in [0.3, 0.4) is 0 Å². The summed E-state index contributed by atoms with van der Waals surface area (Å²) in [6, 6.07) is 0. The Morgan fingerprint density at radius 1 is 1.15 bits per heavy atom. The predicted molar refractivity (Wildman–Crippen MR) is 47.8 cm³/mol. The summed E-state index contributed by atoms with van der Waals surface area (Å²) >= 11 is 0. The summed E-state index contributed by atoms with van der Waals surface area (Å²) in [6.07, 6.45) is 1.64. The second kappa shape index (κ2) is 3.37. The van der Waals surface area contributed by atoms with E-state index in [1.165, 1.54) is 0 Å². The van der Waals surface area contributed by atoms with E-state index < -0.39 is 11.5 Å². The molecule has 0 heterocycles. The number of hydrogen-bond acceptors (Lipinski definition) is 1. The Bertz CT molecular complexity index is 207. The topological polar surface area (TPSA) is 20.2 Å². The molecule has 1 aliphatic rings. The normalized spacial score (nSPS) is 25.3. The van der Waals surface area contributed by atoms with Gasteiger partial charge in [0.25, 0.3) is 0 Å². The first-order valence-corrected chi connectivity index (χ1v) is 4.59. The molecule has 1 saturated carbocycles. The molecule has 0 spiro atoms. The lowest BCUT2D eigenvalue weighted by atomic mass is 9.82. The van der Waals surface area contributed by atoms with E-state index in [-0.39, 0.29) is 25.7 Å². The number of rotatable bonds is 1. The fraction of sp³-hybridized carbons (Fsp3) is 0.800. The van der Waals surface area contributed by atoms with Crippen molar-refractivity contribution in [2.24, 2.45) is 0 Å². The molecule has 0 amide bonds. The fourth-order valence-corrected chi connectivity index (χ4v) is 1.73. The second-order valence-electron chi connectivity index (χ2n) is 4.18. The fourth-order valence-electron chi connectivity index (χ4n) is 1.73. The SMILES string of the molecule is CC(C)=CC1(O)CCC(F)(F)CC1. The van der Waals surface area contributed by atoms with Crippen molar-refractivity contribution in [3.8, 4) is 0 Å². The summed E-state index contributed by atoms with van der Waals surface area (Å²) in [6.45, 7) is 3.73. The molecule has 3 heteroatoms. The third-order valence-electron chi connectivity index (χ3n) is 2.40. The first-order valence-electron chi connectivity index (χ1n) is 4.59. The molecule has 0 aromatic heterocycles. The molecular weight excluding hydrogens is 174 g/mol. The minimum atomic E-state index is -2.57. The van der Waals surface area contributed by atoms with Crippen LogP contribution in [0.25, 0.3) is 0 Å². The molecule has 1 rings (SSSR count). The van der Waals surface area contributed by atoms with E-state index in [0.29, 0.717) is 0 Å². The summed E-state index contributed by atoms with van der Waals surface area (Å²) in [5.41, 5.74) is -0.00623. The lowest BCUT2D eigenvalue weighted by molar-refractivity contribution is -0.0857. The Kier molecular flexibility index (Phi) is 2.76. The van der Waals surface area contributed by atoms with Crippen LogP contribution >= 0.6 is 0 Å². The van der Waals surface area contributed by atoms with Crippen molar-refractivity contribution in [2.45, 2.75) is 51.1 Å². The minimum absolute atomic E-state index is 0.172. The van der Waals surface area contributed by atoms with Gasteiger partial charge in [-0.2, -0.15) is 0 Å². The standard InChI is InChI=1S/C10H16F2O/c1-8(2)7-9(13)3-5-10(11,12)6-4-9/h7,13H,3-6H2,1-2H3. The Morgan fingerprint density at radius 2 is 1.62 bits per heavy atom. The van der Waals surface area contributed by atoms with Gasteiger partial charge in [-0.25, -0.2) is 8.78 Å². The maximum absolute atomic E-state index is 12.8. The number of alkyl halides is 2. The van der Waals surface area contributed by atoms with Crippen LogP contribution in [0.1, 0.15) is 39.5 Å². The van der Waals surface area contributed by atoms with Crippen LogP contribution in [0.2, 0.25) is 0 Å². The average Bonchev–Trinajstić information content (AvgIpc) is 1.95. The Morgan fingerprint density at radius 3 is 2.00 bits per heavy atom. The number of halogens is 2. The summed E-state index contributed by atoms with van der Waals surface area (Å²) in [5, 5.41) is 9.86. The summed E-state index contributed by atoms with van der Waals surface area (Å²) in [7, 11) is 0. The molecule has 76 valence electrons. The van der Waals surface area contributed by atoms with Crippen molar-refractivity contribution in [3.63, 3.8) is 0 Å². The summed E-state index contributed by atoms with van der Waals surface area (Å²) < 4.78 is 25.5. The van der Waals surface area contributed by atoms with Gasteiger partial charge in [0.15, 0.2) is 0 Å². The third kappa shape index (κ3) is 3.07. The molecule has 1 fully saturated rings. The summed E-state index contributed by atoms with van der Waals surface area (Å²) in [5.74, 6) is -2.57. The maximum atomic E-state index is 12.8. The van der Waals surface area contributed by atoms with Crippen LogP contribution in [0.5, 0.6) is 0 Å². The van der Waals surface area contributed by atoms with Crippen molar-refractivity contribution in [1.82, 2.24) is 0 Å². The van der Waals surface area contributed by atoms with Gasteiger partial charge in [-0.1, -0.05) is 11.6 Å². The molecule has 0 aromatic rings. The van der Waals surface area contributed by atoms with E-state index in [4.69, 9.17) is 0 Å². The van der Waals surface area contributed by atoms with Gasteiger partial charge < -0.3 is 5.11 Å². The predicted octanol–water partition coefficient (Wildman–Crippen LogP) is 2.89. The van der Waals surface area contributed by atoms with Crippen LogP contribution in [0.15, 0.2) is 11.6 Å². The maximum Gasteiger partial charge on any atom is 0.248 e. The van der Waals surface area contributed by atoms with Gasteiger partial charge in [0.05, 0.1) is 5.60 Å². The molecule has 1 N–H and O–H groups in total. The molecule has 0 unspecified atom stereocenters. The van der Waals surface area contributed by atoms with Crippen molar-refractivity contribution in [3.05, 3.63) is 11.6 Å². The van der Waals surface area contributed by atoms with E-state index >= 15 is 0 Å². The first-order chi connectivity index (χ1) is 5.83. The number of hydrogen-bond donors (Lipinski definition) is 1. The zero-order valence-corrected chi connectivity index (χ0v) is 8.11. The van der Waals surface area contributed by atoms with Gasteiger partial charge in [0, 0.05) is 12.8 Å². The van der Waals surface area contributed by atoms with E-state index in [1.54, 1.807) is 6.08 Å². The molecule has 0 aromatic carbocycles. The Balaban J connectivity index is 2.62. The van der Waals surface area contributed by atoms with Crippen molar-refractivity contribution in [2.75, 3.05) is 0 Å². The Hall–Kier alpha value is -0.440. The van der Waals surface area contributed by atoms with Crippen LogP contribution in [0, 0.1) is 0 Å². The monoisotopic (exact) mass is 190 g/mol. The first kappa shape index (κ1) is 10.6. The van der Waals surface area contributed by atoms with Crippen LogP contribution in [0.4, 0.5) is 8.78 Å². The van der Waals surface area contributed by atoms with Crippen molar-refractivity contribution < 1.29 is 13.9 Å². The molecule has 0 aliphatic heterocycles. The van der Waals surface area contributed by atoms with E-state index in [0.717, 1.165) is 5.57 Å². The van der Waals surface area contributed by atoms with Gasteiger partial charge in [-0.3, -0.25) is 0 Å². The zero-order chi connectivity index (χ0) is 10.1.